The first-order valence-corrected chi connectivity index (χ1v) is 6.13. The molecule has 0 unspecified atom stereocenters. The number of halogens is 2. The van der Waals surface area contributed by atoms with Crippen LogP contribution in [0, 0.1) is 5.92 Å². The molecule has 0 saturated carbocycles. The molecule has 6 heteroatoms. The fourth-order valence-corrected chi connectivity index (χ4v) is 2.14. The zero-order chi connectivity index (χ0) is 13.2. The molecule has 4 nitrogen and oxygen atoms in total. The quantitative estimate of drug-likeness (QED) is 0.786. The Hall–Kier alpha value is -0.780. The molecular weight excluding hydrogens is 321 g/mol. The van der Waals surface area contributed by atoms with Crippen LogP contribution in [-0.2, 0) is 0 Å². The van der Waals surface area contributed by atoms with E-state index in [1.54, 1.807) is 0 Å². The highest BCUT2D eigenvalue weighted by Gasteiger charge is 2.18. The third-order valence-electron chi connectivity index (χ3n) is 2.46. The van der Waals surface area contributed by atoms with Crippen molar-refractivity contribution in [3.05, 3.63) is 27.7 Å². The van der Waals surface area contributed by atoms with Crippen molar-refractivity contribution >= 4 is 34.3 Å². The molecule has 0 aromatic heterocycles. The minimum absolute atomic E-state index is 0. The van der Waals surface area contributed by atoms with E-state index in [2.05, 4.69) is 15.9 Å². The van der Waals surface area contributed by atoms with Crippen LogP contribution in [0.15, 0.2) is 16.6 Å². The van der Waals surface area contributed by atoms with E-state index >= 15 is 0 Å². The van der Waals surface area contributed by atoms with Gasteiger partial charge in [-0.05, 0) is 40.4 Å². The van der Waals surface area contributed by atoms with E-state index in [1.165, 1.54) is 12.1 Å². The fraction of sp³-hybridized carbons (Fsp3) is 0.417. The maximum absolute atomic E-state index is 10.9. The van der Waals surface area contributed by atoms with Crippen LogP contribution in [0.2, 0.25) is 0 Å². The summed E-state index contributed by atoms with van der Waals surface area (Å²) in [5.41, 5.74) is 6.54. The molecule has 0 radical (unpaired) electrons. The van der Waals surface area contributed by atoms with Crippen molar-refractivity contribution in [3.8, 4) is 5.75 Å². The molecule has 4 N–H and O–H groups in total. The number of carboxylic acids is 1. The van der Waals surface area contributed by atoms with Crippen molar-refractivity contribution in [2.24, 2.45) is 11.7 Å². The van der Waals surface area contributed by atoms with Gasteiger partial charge in [0.2, 0.25) is 0 Å². The standard InChI is InChI=1S/C12H16BrNO3.ClH/c1-6(2)3-10(14)8-4-7(12(16)17)5-9(13)11(8)15;/h4-6,10,15H,3,14H2,1-2H3,(H,16,17);1H/t10-;/m0./s1. The van der Waals surface area contributed by atoms with Gasteiger partial charge in [-0.1, -0.05) is 13.8 Å². The number of phenolic OH excluding ortho intramolecular Hbond substituents is 1. The van der Waals surface area contributed by atoms with E-state index in [9.17, 15) is 9.90 Å². The summed E-state index contributed by atoms with van der Waals surface area (Å²) >= 11 is 3.13. The van der Waals surface area contributed by atoms with E-state index in [0.717, 1.165) is 0 Å². The molecule has 1 rings (SSSR count). The molecule has 1 aromatic carbocycles. The average molecular weight is 339 g/mol. The Kier molecular flexibility index (Phi) is 6.67. The van der Waals surface area contributed by atoms with Gasteiger partial charge >= 0.3 is 5.97 Å². The molecule has 0 amide bonds. The SMILES string of the molecule is CC(C)C[C@H](N)c1cc(C(=O)O)cc(Br)c1O.Cl. The van der Waals surface area contributed by atoms with Gasteiger partial charge in [-0.2, -0.15) is 0 Å². The first kappa shape index (κ1) is 17.2. The third kappa shape index (κ3) is 4.15. The fourth-order valence-electron chi connectivity index (χ4n) is 1.66. The number of hydrogen-bond donors (Lipinski definition) is 3. The highest BCUT2D eigenvalue weighted by Crippen LogP contribution is 2.34. The Morgan fingerprint density at radius 3 is 2.44 bits per heavy atom. The molecule has 18 heavy (non-hydrogen) atoms. The van der Waals surface area contributed by atoms with Crippen LogP contribution in [0.5, 0.6) is 5.75 Å². The van der Waals surface area contributed by atoms with Crippen molar-refractivity contribution in [2.75, 3.05) is 0 Å². The smallest absolute Gasteiger partial charge is 0.335 e. The van der Waals surface area contributed by atoms with E-state index in [0.29, 0.717) is 22.4 Å². The number of carbonyl (C=O) groups is 1. The summed E-state index contributed by atoms with van der Waals surface area (Å²) < 4.78 is 0.353. The molecule has 1 atom stereocenters. The summed E-state index contributed by atoms with van der Waals surface area (Å²) in [6.45, 7) is 4.04. The molecule has 0 aliphatic carbocycles. The van der Waals surface area contributed by atoms with E-state index in [-0.39, 0.29) is 29.8 Å². The zero-order valence-corrected chi connectivity index (χ0v) is 12.6. The van der Waals surface area contributed by atoms with Crippen LogP contribution in [-0.4, -0.2) is 16.2 Å². The molecule has 102 valence electrons. The van der Waals surface area contributed by atoms with Gasteiger partial charge in [-0.3, -0.25) is 0 Å². The van der Waals surface area contributed by atoms with Crippen molar-refractivity contribution < 1.29 is 15.0 Å². The minimum atomic E-state index is -1.04. The summed E-state index contributed by atoms with van der Waals surface area (Å²) in [6.07, 6.45) is 0.684. The molecule has 0 aliphatic heterocycles. The number of nitrogens with two attached hydrogens (primary N) is 1. The molecule has 0 fully saturated rings. The van der Waals surface area contributed by atoms with Crippen LogP contribution in [0.25, 0.3) is 0 Å². The van der Waals surface area contributed by atoms with Gasteiger partial charge in [-0.25, -0.2) is 4.79 Å². The van der Waals surface area contributed by atoms with Crippen molar-refractivity contribution in [1.82, 2.24) is 0 Å². The minimum Gasteiger partial charge on any atom is -0.506 e. The number of hydrogen-bond acceptors (Lipinski definition) is 3. The first-order valence-electron chi connectivity index (χ1n) is 5.34. The lowest BCUT2D eigenvalue weighted by atomic mass is 9.96. The highest BCUT2D eigenvalue weighted by molar-refractivity contribution is 9.10. The number of aromatic hydroxyl groups is 1. The maximum Gasteiger partial charge on any atom is 0.335 e. The van der Waals surface area contributed by atoms with Crippen LogP contribution in [0.4, 0.5) is 0 Å². The van der Waals surface area contributed by atoms with Crippen LogP contribution >= 0.6 is 28.3 Å². The van der Waals surface area contributed by atoms with E-state index < -0.39 is 5.97 Å². The first-order chi connectivity index (χ1) is 7.82. The summed E-state index contributed by atoms with van der Waals surface area (Å²) in [7, 11) is 0. The molecule has 0 saturated heterocycles. The van der Waals surface area contributed by atoms with Crippen LogP contribution in [0.1, 0.15) is 42.2 Å². The van der Waals surface area contributed by atoms with Gasteiger partial charge in [-0.15, -0.1) is 12.4 Å². The van der Waals surface area contributed by atoms with Crippen molar-refractivity contribution in [3.63, 3.8) is 0 Å². The van der Waals surface area contributed by atoms with Gasteiger partial charge in [0.15, 0.2) is 0 Å². The van der Waals surface area contributed by atoms with Crippen LogP contribution < -0.4 is 5.73 Å². The Morgan fingerprint density at radius 1 is 1.44 bits per heavy atom. The van der Waals surface area contributed by atoms with Gasteiger partial charge < -0.3 is 15.9 Å². The Balaban J connectivity index is 0.00000289. The Bertz CT molecular complexity index is 438. The topological polar surface area (TPSA) is 83.6 Å². The van der Waals surface area contributed by atoms with E-state index in [4.69, 9.17) is 10.8 Å². The highest BCUT2D eigenvalue weighted by atomic mass is 79.9. The lowest BCUT2D eigenvalue weighted by Crippen LogP contribution is -2.14. The molecular formula is C12H17BrClNO3. The number of benzene rings is 1. The van der Waals surface area contributed by atoms with Crippen molar-refractivity contribution in [1.29, 1.82) is 0 Å². The Morgan fingerprint density at radius 2 is 2.00 bits per heavy atom. The largest absolute Gasteiger partial charge is 0.506 e. The maximum atomic E-state index is 10.9. The monoisotopic (exact) mass is 337 g/mol. The zero-order valence-electron chi connectivity index (χ0n) is 10.2. The summed E-state index contributed by atoms with van der Waals surface area (Å²) in [5, 5.41) is 18.8. The third-order valence-corrected chi connectivity index (χ3v) is 3.07. The van der Waals surface area contributed by atoms with Gasteiger partial charge in [0.05, 0.1) is 10.0 Å². The summed E-state index contributed by atoms with van der Waals surface area (Å²) in [5.74, 6) is -0.650. The second-order valence-electron chi connectivity index (χ2n) is 4.44. The molecule has 0 heterocycles. The van der Waals surface area contributed by atoms with Gasteiger partial charge in [0.25, 0.3) is 0 Å². The molecule has 0 spiro atoms. The normalized spacial score (nSPS) is 12.1. The predicted molar refractivity (Wildman–Crippen MR) is 76.4 cm³/mol. The lowest BCUT2D eigenvalue weighted by molar-refractivity contribution is 0.0696. The number of rotatable bonds is 4. The Labute approximate surface area is 121 Å². The number of carboxylic acid groups (broad SMARTS) is 1. The van der Waals surface area contributed by atoms with Gasteiger partial charge in [0, 0.05) is 11.6 Å². The second-order valence-corrected chi connectivity index (χ2v) is 5.29. The predicted octanol–water partition coefficient (Wildman–Crippen LogP) is 3.32. The number of phenols is 1. The molecule has 0 bridgehead atoms. The summed E-state index contributed by atoms with van der Waals surface area (Å²) in [6, 6.07) is 2.42. The van der Waals surface area contributed by atoms with Crippen molar-refractivity contribution in [2.45, 2.75) is 26.3 Å². The molecule has 1 aromatic rings. The van der Waals surface area contributed by atoms with E-state index in [1.807, 2.05) is 13.8 Å². The van der Waals surface area contributed by atoms with Crippen LogP contribution in [0.3, 0.4) is 0 Å². The number of aromatic carboxylic acids is 1. The summed E-state index contributed by atoms with van der Waals surface area (Å²) in [4.78, 5) is 10.9. The molecule has 0 aliphatic rings. The average Bonchev–Trinajstić information content (AvgIpc) is 2.20. The second kappa shape index (κ2) is 6.97. The lowest BCUT2D eigenvalue weighted by Gasteiger charge is -2.17. The van der Waals surface area contributed by atoms with Gasteiger partial charge in [0.1, 0.15) is 5.75 Å².